The van der Waals surface area contributed by atoms with Gasteiger partial charge < -0.3 is 4.42 Å². The van der Waals surface area contributed by atoms with Crippen molar-refractivity contribution < 1.29 is 14.1 Å². The van der Waals surface area contributed by atoms with Crippen LogP contribution in [0.3, 0.4) is 0 Å². The molecule has 0 unspecified atom stereocenters. The Morgan fingerprint density at radius 1 is 1.07 bits per heavy atom. The third-order valence-corrected chi connectivity index (χ3v) is 5.23. The summed E-state index contributed by atoms with van der Waals surface area (Å²) in [6, 6.07) is 14.3. The van der Waals surface area contributed by atoms with Crippen molar-refractivity contribution in [2.75, 3.05) is 5.01 Å². The van der Waals surface area contributed by atoms with Crippen LogP contribution in [0.2, 0.25) is 10.0 Å². The van der Waals surface area contributed by atoms with Gasteiger partial charge >= 0.3 is 0 Å². The Balaban J connectivity index is 1.59. The molecule has 0 N–H and O–H groups in total. The topological polar surface area (TPSA) is 89.0 Å². The average molecular weight is 442 g/mol. The third-order valence-electron chi connectivity index (χ3n) is 4.49. The van der Waals surface area contributed by atoms with Gasteiger partial charge in [0.15, 0.2) is 0 Å². The Bertz CT molecular complexity index is 1230. The molecule has 30 heavy (non-hydrogen) atoms. The predicted molar refractivity (Wildman–Crippen MR) is 116 cm³/mol. The number of carbonyl (C=O) groups is 1. The van der Waals surface area contributed by atoms with E-state index >= 15 is 0 Å². The van der Waals surface area contributed by atoms with Crippen LogP contribution < -0.4 is 5.01 Å². The van der Waals surface area contributed by atoms with E-state index in [1.54, 1.807) is 55.5 Å². The van der Waals surface area contributed by atoms with E-state index in [1.165, 1.54) is 17.1 Å². The lowest BCUT2D eigenvalue weighted by Crippen LogP contribution is -2.21. The molecular weight excluding hydrogens is 429 g/mol. The SMILES string of the molecule is CC1=NN(c2ccc(Cl)c(Cl)c2)C(=O)/C1=C\c1ccc(-c2ccc([N+](=O)[O-])cc2)o1. The summed E-state index contributed by atoms with van der Waals surface area (Å²) in [4.78, 5) is 23.2. The van der Waals surface area contributed by atoms with E-state index in [9.17, 15) is 14.9 Å². The molecule has 3 aromatic rings. The zero-order valence-corrected chi connectivity index (χ0v) is 17.0. The molecule has 1 aliphatic rings. The third kappa shape index (κ3) is 3.72. The van der Waals surface area contributed by atoms with E-state index in [0.717, 1.165) is 0 Å². The summed E-state index contributed by atoms with van der Waals surface area (Å²) in [6.07, 6.45) is 1.60. The number of nitro groups is 1. The largest absolute Gasteiger partial charge is 0.457 e. The number of nitrogens with zero attached hydrogens (tertiary/aromatic N) is 3. The number of rotatable bonds is 4. The second-order valence-electron chi connectivity index (χ2n) is 6.46. The van der Waals surface area contributed by atoms with Gasteiger partial charge in [0.25, 0.3) is 11.6 Å². The van der Waals surface area contributed by atoms with E-state index < -0.39 is 4.92 Å². The van der Waals surface area contributed by atoms with Gasteiger partial charge in [-0.05, 0) is 55.5 Å². The molecule has 150 valence electrons. The molecule has 0 bridgehead atoms. The quantitative estimate of drug-likeness (QED) is 0.283. The first-order valence-electron chi connectivity index (χ1n) is 8.75. The van der Waals surface area contributed by atoms with Crippen LogP contribution in [0.25, 0.3) is 17.4 Å². The van der Waals surface area contributed by atoms with Gasteiger partial charge in [0.05, 0.1) is 31.9 Å². The average Bonchev–Trinajstić information content (AvgIpc) is 3.30. The fraction of sp³-hybridized carbons (Fsp3) is 0.0476. The molecule has 0 fully saturated rings. The summed E-state index contributed by atoms with van der Waals surface area (Å²) in [6.45, 7) is 1.72. The number of amides is 1. The van der Waals surface area contributed by atoms with Crippen LogP contribution in [0, 0.1) is 10.1 Å². The Hall–Kier alpha value is -3.42. The molecule has 2 heterocycles. The number of benzene rings is 2. The normalized spacial score (nSPS) is 15.0. The number of furan rings is 1. The van der Waals surface area contributed by atoms with Gasteiger partial charge in [-0.1, -0.05) is 23.2 Å². The molecule has 7 nitrogen and oxygen atoms in total. The van der Waals surface area contributed by atoms with E-state index in [1.807, 2.05) is 0 Å². The molecule has 2 aromatic carbocycles. The van der Waals surface area contributed by atoms with Crippen LogP contribution in [-0.2, 0) is 4.79 Å². The van der Waals surface area contributed by atoms with Crippen molar-refractivity contribution in [2.45, 2.75) is 6.92 Å². The summed E-state index contributed by atoms with van der Waals surface area (Å²) >= 11 is 12.0. The molecule has 4 rings (SSSR count). The van der Waals surface area contributed by atoms with Gasteiger partial charge in [-0.25, -0.2) is 0 Å². The molecule has 0 radical (unpaired) electrons. The maximum atomic E-state index is 12.9. The molecule has 0 aliphatic carbocycles. The fourth-order valence-corrected chi connectivity index (χ4v) is 3.24. The molecule has 1 amide bonds. The minimum Gasteiger partial charge on any atom is -0.457 e. The summed E-state index contributed by atoms with van der Waals surface area (Å²) in [5, 5.41) is 17.1. The summed E-state index contributed by atoms with van der Waals surface area (Å²) in [5.41, 5.74) is 2.09. The van der Waals surface area contributed by atoms with Crippen molar-refractivity contribution in [2.24, 2.45) is 5.10 Å². The number of anilines is 1. The first kappa shape index (κ1) is 19.9. The van der Waals surface area contributed by atoms with Gasteiger partial charge in [0, 0.05) is 17.7 Å². The molecule has 1 aliphatic heterocycles. The Labute approximate surface area is 181 Å². The molecule has 1 aromatic heterocycles. The minimum atomic E-state index is -0.463. The van der Waals surface area contributed by atoms with Crippen molar-refractivity contribution in [3.63, 3.8) is 0 Å². The second kappa shape index (κ2) is 7.78. The summed E-state index contributed by atoms with van der Waals surface area (Å²) < 4.78 is 5.79. The standard InChI is InChI=1S/C21H13Cl2N3O4/c1-12-17(21(27)25(24-12)15-6-8-18(22)19(23)10-15)11-16-7-9-20(30-16)13-2-4-14(5-3-13)26(28)29/h2-11H,1H3/b17-11-. The minimum absolute atomic E-state index is 0.00145. The lowest BCUT2D eigenvalue weighted by molar-refractivity contribution is -0.384. The van der Waals surface area contributed by atoms with E-state index in [0.29, 0.717) is 44.1 Å². The van der Waals surface area contributed by atoms with Crippen molar-refractivity contribution in [1.29, 1.82) is 0 Å². The highest BCUT2D eigenvalue weighted by atomic mass is 35.5. The monoisotopic (exact) mass is 441 g/mol. The van der Waals surface area contributed by atoms with Crippen LogP contribution in [0.1, 0.15) is 12.7 Å². The van der Waals surface area contributed by atoms with Crippen molar-refractivity contribution in [3.8, 4) is 11.3 Å². The van der Waals surface area contributed by atoms with Crippen molar-refractivity contribution in [3.05, 3.63) is 86.1 Å². The van der Waals surface area contributed by atoms with Crippen LogP contribution in [-0.4, -0.2) is 16.5 Å². The molecule has 0 saturated carbocycles. The van der Waals surface area contributed by atoms with E-state index in [-0.39, 0.29) is 11.6 Å². The Morgan fingerprint density at radius 3 is 2.47 bits per heavy atom. The lowest BCUT2D eigenvalue weighted by atomic mass is 10.1. The van der Waals surface area contributed by atoms with Gasteiger partial charge in [0.1, 0.15) is 11.5 Å². The van der Waals surface area contributed by atoms with Gasteiger partial charge in [-0.3, -0.25) is 14.9 Å². The smallest absolute Gasteiger partial charge is 0.280 e. The Kier molecular flexibility index (Phi) is 5.15. The number of carbonyl (C=O) groups excluding carboxylic acids is 1. The highest BCUT2D eigenvalue weighted by Crippen LogP contribution is 2.31. The van der Waals surface area contributed by atoms with Gasteiger partial charge in [0.2, 0.25) is 0 Å². The number of halogens is 2. The first-order valence-corrected chi connectivity index (χ1v) is 9.50. The van der Waals surface area contributed by atoms with Crippen molar-refractivity contribution in [1.82, 2.24) is 0 Å². The van der Waals surface area contributed by atoms with Crippen LogP contribution >= 0.6 is 23.2 Å². The Morgan fingerprint density at radius 2 is 1.80 bits per heavy atom. The molecule has 9 heteroatoms. The van der Waals surface area contributed by atoms with E-state index in [2.05, 4.69) is 5.10 Å². The molecule has 0 atom stereocenters. The number of hydrogen-bond donors (Lipinski definition) is 0. The molecule has 0 spiro atoms. The molecule has 0 saturated heterocycles. The molecular formula is C21H13Cl2N3O4. The lowest BCUT2D eigenvalue weighted by Gasteiger charge is -2.12. The van der Waals surface area contributed by atoms with Crippen molar-refractivity contribution >= 4 is 52.3 Å². The van der Waals surface area contributed by atoms with Crippen LogP contribution in [0.5, 0.6) is 0 Å². The highest BCUT2D eigenvalue weighted by molar-refractivity contribution is 6.42. The zero-order chi connectivity index (χ0) is 21.4. The van der Waals surface area contributed by atoms with Gasteiger partial charge in [-0.15, -0.1) is 0 Å². The maximum Gasteiger partial charge on any atom is 0.280 e. The highest BCUT2D eigenvalue weighted by Gasteiger charge is 2.29. The maximum absolute atomic E-state index is 12.9. The van der Waals surface area contributed by atoms with Gasteiger partial charge in [-0.2, -0.15) is 10.1 Å². The predicted octanol–water partition coefficient (Wildman–Crippen LogP) is 5.97. The number of nitro benzene ring substituents is 1. The van der Waals surface area contributed by atoms with Crippen LogP contribution in [0.15, 0.2) is 69.7 Å². The number of non-ortho nitro benzene ring substituents is 1. The van der Waals surface area contributed by atoms with Crippen LogP contribution in [0.4, 0.5) is 11.4 Å². The number of hydrazone groups is 1. The first-order chi connectivity index (χ1) is 14.3. The summed E-state index contributed by atoms with van der Waals surface area (Å²) in [5.74, 6) is 0.662. The summed E-state index contributed by atoms with van der Waals surface area (Å²) in [7, 11) is 0. The number of hydrogen-bond acceptors (Lipinski definition) is 5. The second-order valence-corrected chi connectivity index (χ2v) is 7.28. The van der Waals surface area contributed by atoms with E-state index in [4.69, 9.17) is 27.6 Å². The fourth-order valence-electron chi connectivity index (χ4n) is 2.95. The zero-order valence-electron chi connectivity index (χ0n) is 15.5.